The van der Waals surface area contributed by atoms with Gasteiger partial charge in [-0.05, 0) is 61.5 Å². The van der Waals surface area contributed by atoms with Gasteiger partial charge in [-0.15, -0.1) is 0 Å². The Kier molecular flexibility index (Phi) is 3.19. The Bertz CT molecular complexity index is 360. The molecule has 2 saturated carbocycles. The van der Waals surface area contributed by atoms with E-state index < -0.39 is 0 Å². The van der Waals surface area contributed by atoms with Gasteiger partial charge in [-0.25, -0.2) is 0 Å². The number of nitrogens with two attached hydrogens (primary N) is 1. The Labute approximate surface area is 104 Å². The Hall–Kier alpha value is -0.820. The van der Waals surface area contributed by atoms with Gasteiger partial charge in [-0.2, -0.15) is 0 Å². The second kappa shape index (κ2) is 4.81. The zero-order valence-corrected chi connectivity index (χ0v) is 10.6. The van der Waals surface area contributed by atoms with Crippen molar-refractivity contribution < 1.29 is 0 Å². The minimum atomic E-state index is 0.446. The van der Waals surface area contributed by atoms with Crippen molar-refractivity contribution >= 4 is 0 Å². The molecule has 1 nitrogen and oxygen atoms in total. The lowest BCUT2D eigenvalue weighted by atomic mass is 9.80. The molecule has 0 spiro atoms. The lowest BCUT2D eigenvalue weighted by Gasteiger charge is -2.25. The van der Waals surface area contributed by atoms with Crippen LogP contribution < -0.4 is 5.73 Å². The van der Waals surface area contributed by atoms with Crippen LogP contribution in [0, 0.1) is 5.92 Å². The first-order valence-electron chi connectivity index (χ1n) is 7.17. The first-order valence-corrected chi connectivity index (χ1v) is 7.17. The Morgan fingerprint density at radius 3 is 2.29 bits per heavy atom. The number of aryl methyl sites for hydroxylation is 1. The van der Waals surface area contributed by atoms with Crippen molar-refractivity contribution in [1.29, 1.82) is 0 Å². The summed E-state index contributed by atoms with van der Waals surface area (Å²) in [5, 5.41) is 0. The molecule has 2 fully saturated rings. The first kappa shape index (κ1) is 11.3. The van der Waals surface area contributed by atoms with Gasteiger partial charge in [0.1, 0.15) is 0 Å². The third-order valence-corrected chi connectivity index (χ3v) is 4.55. The molecule has 3 rings (SSSR count). The van der Waals surface area contributed by atoms with Crippen molar-refractivity contribution in [3.8, 4) is 0 Å². The fraction of sp³-hybridized carbons (Fsp3) is 0.625. The number of hydrogen-bond acceptors (Lipinski definition) is 1. The normalized spacial score (nSPS) is 22.2. The average molecular weight is 229 g/mol. The summed E-state index contributed by atoms with van der Waals surface area (Å²) in [5.41, 5.74) is 9.15. The van der Waals surface area contributed by atoms with E-state index in [1.54, 1.807) is 5.56 Å². The monoisotopic (exact) mass is 229 g/mol. The summed E-state index contributed by atoms with van der Waals surface area (Å²) < 4.78 is 0. The van der Waals surface area contributed by atoms with Gasteiger partial charge >= 0.3 is 0 Å². The standard InChI is InChI=1S/C16H23N/c17-16(15-9-10-15)11-6-12-4-7-14(8-5-12)13-2-1-3-13/h4-5,7-8,13,15-16H,1-3,6,9-11,17H2. The molecular formula is C16H23N. The highest BCUT2D eigenvalue weighted by Gasteiger charge is 2.27. The van der Waals surface area contributed by atoms with E-state index in [4.69, 9.17) is 5.73 Å². The van der Waals surface area contributed by atoms with Crippen molar-refractivity contribution in [3.05, 3.63) is 35.4 Å². The van der Waals surface area contributed by atoms with Crippen LogP contribution in [-0.4, -0.2) is 6.04 Å². The van der Waals surface area contributed by atoms with E-state index in [9.17, 15) is 0 Å². The SMILES string of the molecule is NC(CCc1ccc(C2CCC2)cc1)C1CC1. The average Bonchev–Trinajstić information content (AvgIpc) is 3.09. The quantitative estimate of drug-likeness (QED) is 0.820. The molecule has 0 bridgehead atoms. The Morgan fingerprint density at radius 1 is 1.06 bits per heavy atom. The second-order valence-corrected chi connectivity index (χ2v) is 5.91. The van der Waals surface area contributed by atoms with Crippen LogP contribution in [0.1, 0.15) is 55.6 Å². The molecule has 17 heavy (non-hydrogen) atoms. The first-order chi connectivity index (χ1) is 8.33. The lowest BCUT2D eigenvalue weighted by Crippen LogP contribution is -2.22. The zero-order chi connectivity index (χ0) is 11.7. The van der Waals surface area contributed by atoms with Crippen LogP contribution >= 0.6 is 0 Å². The van der Waals surface area contributed by atoms with Gasteiger partial charge in [-0.1, -0.05) is 30.7 Å². The molecule has 1 aromatic rings. The minimum absolute atomic E-state index is 0.446. The molecule has 1 heteroatoms. The van der Waals surface area contributed by atoms with E-state index in [1.165, 1.54) is 37.7 Å². The molecule has 92 valence electrons. The van der Waals surface area contributed by atoms with E-state index in [0.29, 0.717) is 6.04 Å². The molecule has 0 aliphatic heterocycles. The highest BCUT2D eigenvalue weighted by Crippen LogP contribution is 2.36. The van der Waals surface area contributed by atoms with Crippen LogP contribution in [0.15, 0.2) is 24.3 Å². The molecule has 2 aliphatic rings. The topological polar surface area (TPSA) is 26.0 Å². The molecule has 0 heterocycles. The van der Waals surface area contributed by atoms with E-state index in [0.717, 1.165) is 24.7 Å². The maximum Gasteiger partial charge on any atom is 0.00703 e. The number of rotatable bonds is 5. The molecule has 1 atom stereocenters. The van der Waals surface area contributed by atoms with Crippen molar-refractivity contribution in [2.75, 3.05) is 0 Å². The van der Waals surface area contributed by atoms with E-state index in [-0.39, 0.29) is 0 Å². The summed E-state index contributed by atoms with van der Waals surface area (Å²) in [7, 11) is 0. The second-order valence-electron chi connectivity index (χ2n) is 5.91. The maximum absolute atomic E-state index is 6.14. The van der Waals surface area contributed by atoms with Crippen LogP contribution in [0.3, 0.4) is 0 Å². The van der Waals surface area contributed by atoms with Crippen LogP contribution in [0.4, 0.5) is 0 Å². The Morgan fingerprint density at radius 2 is 1.76 bits per heavy atom. The van der Waals surface area contributed by atoms with Gasteiger partial charge in [0.15, 0.2) is 0 Å². The highest BCUT2D eigenvalue weighted by atomic mass is 14.7. The molecule has 2 aliphatic carbocycles. The highest BCUT2D eigenvalue weighted by molar-refractivity contribution is 5.26. The van der Waals surface area contributed by atoms with E-state index in [2.05, 4.69) is 24.3 Å². The third-order valence-electron chi connectivity index (χ3n) is 4.55. The molecule has 2 N–H and O–H groups in total. The molecular weight excluding hydrogens is 206 g/mol. The summed E-state index contributed by atoms with van der Waals surface area (Å²) in [5.74, 6) is 1.70. The van der Waals surface area contributed by atoms with Crippen molar-refractivity contribution in [1.82, 2.24) is 0 Å². The largest absolute Gasteiger partial charge is 0.327 e. The van der Waals surface area contributed by atoms with Crippen molar-refractivity contribution in [2.24, 2.45) is 11.7 Å². The smallest absolute Gasteiger partial charge is 0.00703 e. The van der Waals surface area contributed by atoms with Gasteiger partial charge in [0.2, 0.25) is 0 Å². The molecule has 1 aromatic carbocycles. The predicted molar refractivity (Wildman–Crippen MR) is 72.1 cm³/mol. The fourth-order valence-corrected chi connectivity index (χ4v) is 2.79. The predicted octanol–water partition coefficient (Wildman–Crippen LogP) is 3.62. The summed E-state index contributed by atoms with van der Waals surface area (Å²) in [6, 6.07) is 9.74. The van der Waals surface area contributed by atoms with Gasteiger partial charge < -0.3 is 5.73 Å². The van der Waals surface area contributed by atoms with Gasteiger partial charge in [0, 0.05) is 6.04 Å². The minimum Gasteiger partial charge on any atom is -0.327 e. The summed E-state index contributed by atoms with van der Waals surface area (Å²) >= 11 is 0. The van der Waals surface area contributed by atoms with E-state index in [1.807, 2.05) is 0 Å². The Balaban J connectivity index is 1.52. The number of benzene rings is 1. The summed E-state index contributed by atoms with van der Waals surface area (Å²) in [6.07, 6.45) is 9.25. The van der Waals surface area contributed by atoms with Crippen LogP contribution in [0.2, 0.25) is 0 Å². The van der Waals surface area contributed by atoms with Crippen molar-refractivity contribution in [3.63, 3.8) is 0 Å². The summed E-state index contributed by atoms with van der Waals surface area (Å²) in [6.45, 7) is 0. The van der Waals surface area contributed by atoms with Crippen molar-refractivity contribution in [2.45, 2.75) is 56.9 Å². The molecule has 0 saturated heterocycles. The van der Waals surface area contributed by atoms with E-state index >= 15 is 0 Å². The zero-order valence-electron chi connectivity index (χ0n) is 10.6. The molecule has 0 radical (unpaired) electrons. The molecule has 1 unspecified atom stereocenters. The maximum atomic E-state index is 6.14. The number of hydrogen-bond donors (Lipinski definition) is 1. The van der Waals surface area contributed by atoms with Crippen LogP contribution in [0.5, 0.6) is 0 Å². The van der Waals surface area contributed by atoms with Gasteiger partial charge in [0.25, 0.3) is 0 Å². The van der Waals surface area contributed by atoms with Gasteiger partial charge in [-0.3, -0.25) is 0 Å². The lowest BCUT2D eigenvalue weighted by molar-refractivity contribution is 0.419. The molecule has 0 aromatic heterocycles. The fourth-order valence-electron chi connectivity index (χ4n) is 2.79. The van der Waals surface area contributed by atoms with Crippen LogP contribution in [0.25, 0.3) is 0 Å². The summed E-state index contributed by atoms with van der Waals surface area (Å²) in [4.78, 5) is 0. The third kappa shape index (κ3) is 2.71. The molecule has 0 amide bonds. The van der Waals surface area contributed by atoms with Crippen LogP contribution in [-0.2, 0) is 6.42 Å². The van der Waals surface area contributed by atoms with Gasteiger partial charge in [0.05, 0.1) is 0 Å².